The lowest BCUT2D eigenvalue weighted by atomic mass is 10.1. The van der Waals surface area contributed by atoms with Crippen molar-refractivity contribution in [3.8, 4) is 11.5 Å². The molecule has 0 heterocycles. The van der Waals surface area contributed by atoms with Crippen LogP contribution in [-0.4, -0.2) is 18.1 Å². The van der Waals surface area contributed by atoms with E-state index in [1.54, 1.807) is 19.1 Å². The monoisotopic (exact) mass is 319 g/mol. The topological polar surface area (TPSA) is 90.7 Å². The molecule has 7 heteroatoms. The third kappa shape index (κ3) is 4.44. The number of nitrogens with zero attached hydrogens (tertiary/aromatic N) is 1. The van der Waals surface area contributed by atoms with Gasteiger partial charge in [0.05, 0.1) is 22.1 Å². The molecule has 0 bridgehead atoms. The molecular formula is C16H16N2O5. The number of non-ortho nitro benzene ring substituents is 1. The fraction of sp³-hybridized carbons (Fsp3) is 0.188. The molecule has 0 aromatic heterocycles. The molecule has 120 valence electrons. The molecule has 1 amide bonds. The average molecular weight is 319 g/mol. The predicted octanol–water partition coefficient (Wildman–Crippen LogP) is 3.45. The third-order valence-electron chi connectivity index (χ3n) is 3.07. The van der Waals surface area contributed by atoms with Crippen LogP contribution in [0.15, 0.2) is 48.5 Å². The SMILES string of the molecule is [2H]C([2H])([2H])Oc1cccc([C@@H](C)NC(=O)Oc2ccc([N+](=O)[O-])cc2)c1. The van der Waals surface area contributed by atoms with Gasteiger partial charge in [-0.1, -0.05) is 12.1 Å². The number of methoxy groups -OCH3 is 1. The van der Waals surface area contributed by atoms with Crippen LogP contribution in [0.4, 0.5) is 10.5 Å². The van der Waals surface area contributed by atoms with Gasteiger partial charge in [-0.15, -0.1) is 0 Å². The maximum absolute atomic E-state index is 11.9. The molecule has 0 unspecified atom stereocenters. The summed E-state index contributed by atoms with van der Waals surface area (Å²) < 4.78 is 31.2. The van der Waals surface area contributed by atoms with E-state index in [1.165, 1.54) is 36.4 Å². The molecule has 2 aromatic carbocycles. The van der Waals surface area contributed by atoms with Gasteiger partial charge in [-0.2, -0.15) is 0 Å². The van der Waals surface area contributed by atoms with Crippen LogP contribution in [-0.2, 0) is 0 Å². The number of rotatable bonds is 5. The summed E-state index contributed by atoms with van der Waals surface area (Å²) in [6.45, 7) is 1.69. The number of benzene rings is 2. The Morgan fingerprint density at radius 2 is 2.00 bits per heavy atom. The molecule has 2 rings (SSSR count). The van der Waals surface area contributed by atoms with E-state index in [0.717, 1.165) is 0 Å². The van der Waals surface area contributed by atoms with Gasteiger partial charge in [0.25, 0.3) is 5.69 Å². The van der Waals surface area contributed by atoms with Gasteiger partial charge in [0, 0.05) is 12.1 Å². The Bertz CT molecular complexity index is 793. The van der Waals surface area contributed by atoms with E-state index in [4.69, 9.17) is 13.6 Å². The zero-order chi connectivity index (χ0) is 19.3. The number of hydrogen-bond acceptors (Lipinski definition) is 5. The van der Waals surface area contributed by atoms with E-state index in [0.29, 0.717) is 5.56 Å². The van der Waals surface area contributed by atoms with Crippen molar-refractivity contribution in [2.75, 3.05) is 7.04 Å². The normalized spacial score (nSPS) is 13.9. The van der Waals surface area contributed by atoms with Crippen molar-refractivity contribution >= 4 is 11.8 Å². The molecule has 0 aliphatic heterocycles. The Labute approximate surface area is 137 Å². The van der Waals surface area contributed by atoms with Gasteiger partial charge in [0.15, 0.2) is 0 Å². The molecule has 23 heavy (non-hydrogen) atoms. The minimum absolute atomic E-state index is 0.114. The second-order valence-corrected chi connectivity index (χ2v) is 4.68. The molecule has 1 atom stereocenters. The lowest BCUT2D eigenvalue weighted by molar-refractivity contribution is -0.384. The van der Waals surface area contributed by atoms with Gasteiger partial charge >= 0.3 is 6.09 Å². The number of carbonyl (C=O) groups is 1. The van der Waals surface area contributed by atoms with Crippen LogP contribution in [0.5, 0.6) is 11.5 Å². The summed E-state index contributed by atoms with van der Waals surface area (Å²) >= 11 is 0. The molecule has 0 fully saturated rings. The van der Waals surface area contributed by atoms with Crippen LogP contribution < -0.4 is 14.8 Å². The average Bonchev–Trinajstić information content (AvgIpc) is 2.53. The summed E-state index contributed by atoms with van der Waals surface area (Å²) in [6.07, 6.45) is -0.756. The van der Waals surface area contributed by atoms with Crippen molar-refractivity contribution in [3.05, 3.63) is 64.2 Å². The molecule has 2 aromatic rings. The number of ether oxygens (including phenoxy) is 2. The lowest BCUT2D eigenvalue weighted by Crippen LogP contribution is -2.29. The van der Waals surface area contributed by atoms with Gasteiger partial charge in [-0.05, 0) is 36.8 Å². The van der Waals surface area contributed by atoms with Gasteiger partial charge in [0.1, 0.15) is 11.5 Å². The summed E-state index contributed by atoms with van der Waals surface area (Å²) in [6, 6.07) is 10.9. The van der Waals surface area contributed by atoms with Crippen LogP contribution in [0.25, 0.3) is 0 Å². The number of nitro benzene ring substituents is 1. The summed E-state index contributed by atoms with van der Waals surface area (Å²) in [4.78, 5) is 22.0. The maximum Gasteiger partial charge on any atom is 0.413 e. The number of hydrogen-bond donors (Lipinski definition) is 1. The molecule has 0 aliphatic rings. The molecule has 0 radical (unpaired) electrons. The molecular weight excluding hydrogens is 300 g/mol. The molecule has 0 spiro atoms. The fourth-order valence-electron chi connectivity index (χ4n) is 1.88. The number of nitrogens with one attached hydrogen (secondary N) is 1. The Kier molecular flexibility index (Phi) is 3.93. The standard InChI is InChI=1S/C16H16N2O5/c1-11(12-4-3-5-15(10-12)22-2)17-16(19)23-14-8-6-13(7-9-14)18(20)21/h3-11H,1-2H3,(H,17,19)/t11-/m1/s1/i2D3. The lowest BCUT2D eigenvalue weighted by Gasteiger charge is -2.15. The van der Waals surface area contributed by atoms with Crippen molar-refractivity contribution in [1.29, 1.82) is 0 Å². The Morgan fingerprint density at radius 3 is 2.65 bits per heavy atom. The highest BCUT2D eigenvalue weighted by Gasteiger charge is 2.13. The van der Waals surface area contributed by atoms with E-state index in [-0.39, 0.29) is 17.2 Å². The van der Waals surface area contributed by atoms with Crippen molar-refractivity contribution < 1.29 is 23.3 Å². The quantitative estimate of drug-likeness (QED) is 0.673. The smallest absolute Gasteiger partial charge is 0.413 e. The highest BCUT2D eigenvalue weighted by molar-refractivity contribution is 5.71. The number of nitro groups is 1. The summed E-state index contributed by atoms with van der Waals surface area (Å²) in [7, 11) is -2.57. The minimum atomic E-state index is -2.57. The maximum atomic E-state index is 11.9. The van der Waals surface area contributed by atoms with Crippen LogP contribution in [0, 0.1) is 10.1 Å². The van der Waals surface area contributed by atoms with Crippen LogP contribution in [0.1, 0.15) is 22.6 Å². The zero-order valence-corrected chi connectivity index (χ0v) is 12.2. The summed E-state index contributed by atoms with van der Waals surface area (Å²) in [5.74, 6) is 0.305. The van der Waals surface area contributed by atoms with Crippen LogP contribution >= 0.6 is 0 Å². The van der Waals surface area contributed by atoms with E-state index in [9.17, 15) is 14.9 Å². The van der Waals surface area contributed by atoms with Gasteiger partial charge in [-0.25, -0.2) is 4.79 Å². The van der Waals surface area contributed by atoms with Crippen molar-refractivity contribution in [2.24, 2.45) is 0 Å². The second-order valence-electron chi connectivity index (χ2n) is 4.68. The Hall–Kier alpha value is -3.09. The molecule has 0 aliphatic carbocycles. The predicted molar refractivity (Wildman–Crippen MR) is 83.7 cm³/mol. The van der Waals surface area contributed by atoms with Gasteiger partial charge in [-0.3, -0.25) is 10.1 Å². The van der Waals surface area contributed by atoms with Crippen molar-refractivity contribution in [3.63, 3.8) is 0 Å². The van der Waals surface area contributed by atoms with Gasteiger partial charge in [0.2, 0.25) is 0 Å². The van der Waals surface area contributed by atoms with Gasteiger partial charge < -0.3 is 14.8 Å². The third-order valence-corrected chi connectivity index (χ3v) is 3.07. The molecule has 0 saturated carbocycles. The van der Waals surface area contributed by atoms with Crippen LogP contribution in [0.3, 0.4) is 0 Å². The fourth-order valence-corrected chi connectivity index (χ4v) is 1.88. The first-order chi connectivity index (χ1) is 12.1. The van der Waals surface area contributed by atoms with Crippen LogP contribution in [0.2, 0.25) is 0 Å². The second kappa shape index (κ2) is 7.26. The number of amides is 1. The first kappa shape index (κ1) is 12.5. The minimum Gasteiger partial charge on any atom is -0.497 e. The molecule has 1 N–H and O–H groups in total. The Morgan fingerprint density at radius 1 is 1.26 bits per heavy atom. The largest absolute Gasteiger partial charge is 0.497 e. The van der Waals surface area contributed by atoms with E-state index >= 15 is 0 Å². The molecule has 0 saturated heterocycles. The number of carbonyl (C=O) groups excluding carboxylic acids is 1. The first-order valence-corrected chi connectivity index (χ1v) is 6.66. The zero-order valence-electron chi connectivity index (χ0n) is 15.2. The van der Waals surface area contributed by atoms with Crippen molar-refractivity contribution in [1.82, 2.24) is 5.32 Å². The van der Waals surface area contributed by atoms with E-state index < -0.39 is 24.1 Å². The summed E-state index contributed by atoms with van der Waals surface area (Å²) in [5, 5.41) is 13.2. The summed E-state index contributed by atoms with van der Waals surface area (Å²) in [5.41, 5.74) is 0.504. The first-order valence-electron chi connectivity index (χ1n) is 8.16. The van der Waals surface area contributed by atoms with Crippen molar-refractivity contribution in [2.45, 2.75) is 13.0 Å². The Balaban J connectivity index is 1.98. The van der Waals surface area contributed by atoms with E-state index in [1.807, 2.05) is 0 Å². The molecule has 7 nitrogen and oxygen atoms in total. The highest BCUT2D eigenvalue weighted by Crippen LogP contribution is 2.20. The highest BCUT2D eigenvalue weighted by atomic mass is 16.6. The van der Waals surface area contributed by atoms with E-state index in [2.05, 4.69) is 5.32 Å².